The molecule has 10 heteroatoms. The molecule has 2 atom stereocenters. The Balaban J connectivity index is 0.000000339. The van der Waals surface area contributed by atoms with Crippen LogP contribution in [-0.2, 0) is 16.6 Å². The zero-order chi connectivity index (χ0) is 22.6. The van der Waals surface area contributed by atoms with Crippen molar-refractivity contribution in [2.75, 3.05) is 19.6 Å². The first kappa shape index (κ1) is 23.6. The second kappa shape index (κ2) is 9.60. The van der Waals surface area contributed by atoms with Crippen molar-refractivity contribution in [3.8, 4) is 0 Å². The van der Waals surface area contributed by atoms with E-state index in [2.05, 4.69) is 10.2 Å². The fourth-order valence-electron chi connectivity index (χ4n) is 4.50. The van der Waals surface area contributed by atoms with Crippen molar-refractivity contribution in [1.82, 2.24) is 14.8 Å². The maximum atomic E-state index is 12.3. The van der Waals surface area contributed by atoms with Gasteiger partial charge in [-0.2, -0.15) is 13.2 Å². The molecule has 0 bridgehead atoms. The number of carbonyl (C=O) groups excluding carboxylic acids is 1. The molecule has 1 spiro atoms. The summed E-state index contributed by atoms with van der Waals surface area (Å²) in [5, 5.41) is 10.2. The Bertz CT molecular complexity index is 778. The van der Waals surface area contributed by atoms with E-state index in [1.54, 1.807) is 0 Å². The molecule has 1 saturated carbocycles. The molecule has 0 radical (unpaired) electrons. The summed E-state index contributed by atoms with van der Waals surface area (Å²) in [6.07, 6.45) is 5.70. The molecule has 0 aromatic carbocycles. The predicted molar refractivity (Wildman–Crippen MR) is 107 cm³/mol. The zero-order valence-corrected chi connectivity index (χ0v) is 17.7. The first-order chi connectivity index (χ1) is 14.6. The predicted octanol–water partition coefficient (Wildman–Crippen LogP) is 2.95. The highest BCUT2D eigenvalue weighted by Gasteiger charge is 2.45. The highest BCUT2D eigenvalue weighted by atomic mass is 19.4. The van der Waals surface area contributed by atoms with E-state index in [9.17, 15) is 18.0 Å². The van der Waals surface area contributed by atoms with Crippen LogP contribution in [-0.4, -0.2) is 70.0 Å². The smallest absolute Gasteiger partial charge is 0.475 e. The van der Waals surface area contributed by atoms with Crippen molar-refractivity contribution in [2.45, 2.75) is 68.9 Å². The number of aliphatic carboxylic acids is 1. The molecule has 2 aliphatic heterocycles. The Morgan fingerprint density at radius 1 is 1.26 bits per heavy atom. The zero-order valence-electron chi connectivity index (χ0n) is 17.7. The van der Waals surface area contributed by atoms with Crippen molar-refractivity contribution in [2.24, 2.45) is 7.05 Å². The van der Waals surface area contributed by atoms with Gasteiger partial charge in [0.2, 0.25) is 0 Å². The van der Waals surface area contributed by atoms with Gasteiger partial charge in [0.15, 0.2) is 0 Å². The Morgan fingerprint density at radius 3 is 2.52 bits per heavy atom. The summed E-state index contributed by atoms with van der Waals surface area (Å²) in [6, 6.07) is 4.56. The van der Waals surface area contributed by atoms with Crippen LogP contribution in [0.2, 0.25) is 0 Å². The lowest BCUT2D eigenvalue weighted by Crippen LogP contribution is -2.48. The minimum Gasteiger partial charge on any atom is -0.475 e. The number of hydrogen-bond acceptors (Lipinski definition) is 4. The van der Waals surface area contributed by atoms with Gasteiger partial charge < -0.3 is 19.7 Å². The summed E-state index contributed by atoms with van der Waals surface area (Å²) in [6.45, 7) is 2.90. The molecule has 31 heavy (non-hydrogen) atoms. The number of halogens is 3. The summed E-state index contributed by atoms with van der Waals surface area (Å²) in [4.78, 5) is 23.8. The third-order valence-electron chi connectivity index (χ3n) is 6.42. The van der Waals surface area contributed by atoms with Gasteiger partial charge in [0, 0.05) is 38.9 Å². The largest absolute Gasteiger partial charge is 0.490 e. The van der Waals surface area contributed by atoms with Crippen LogP contribution < -0.4 is 5.32 Å². The maximum Gasteiger partial charge on any atom is 0.490 e. The quantitative estimate of drug-likeness (QED) is 0.745. The van der Waals surface area contributed by atoms with Crippen LogP contribution in [0.15, 0.2) is 18.3 Å². The Labute approximate surface area is 179 Å². The number of carbonyl (C=O) groups is 2. The van der Waals surface area contributed by atoms with Gasteiger partial charge >= 0.3 is 12.1 Å². The number of carboxylic acid groups (broad SMARTS) is 1. The number of aromatic nitrogens is 1. The summed E-state index contributed by atoms with van der Waals surface area (Å²) < 4.78 is 40.1. The van der Waals surface area contributed by atoms with Crippen LogP contribution >= 0.6 is 0 Å². The number of aryl methyl sites for hydroxylation is 1. The number of nitrogens with zero attached hydrogens (tertiary/aromatic N) is 2. The summed E-state index contributed by atoms with van der Waals surface area (Å²) in [5.41, 5.74) is 0.756. The van der Waals surface area contributed by atoms with Gasteiger partial charge in [-0.3, -0.25) is 9.69 Å². The Hall–Kier alpha value is -2.07. The van der Waals surface area contributed by atoms with Crippen molar-refractivity contribution in [1.29, 1.82) is 0 Å². The van der Waals surface area contributed by atoms with E-state index in [1.807, 2.05) is 29.9 Å². The number of carboxylic acids is 1. The van der Waals surface area contributed by atoms with E-state index in [1.165, 1.54) is 38.6 Å². The molecule has 3 aliphatic rings. The molecule has 1 aromatic rings. The van der Waals surface area contributed by atoms with Crippen LogP contribution in [0, 0.1) is 0 Å². The number of amides is 1. The molecule has 7 nitrogen and oxygen atoms in total. The summed E-state index contributed by atoms with van der Waals surface area (Å²) >= 11 is 0. The molecular formula is C21H30F3N3O4. The second-order valence-corrected chi connectivity index (χ2v) is 8.64. The van der Waals surface area contributed by atoms with Gasteiger partial charge in [-0.05, 0) is 50.7 Å². The van der Waals surface area contributed by atoms with Gasteiger partial charge in [-0.15, -0.1) is 0 Å². The van der Waals surface area contributed by atoms with Crippen LogP contribution in [0.4, 0.5) is 13.2 Å². The fourth-order valence-corrected chi connectivity index (χ4v) is 4.50. The molecule has 4 rings (SSSR count). The third kappa shape index (κ3) is 6.00. The first-order valence-electron chi connectivity index (χ1n) is 10.7. The molecule has 1 aromatic heterocycles. The topological polar surface area (TPSA) is 83.8 Å². The lowest BCUT2D eigenvalue weighted by Gasteiger charge is -2.41. The average Bonchev–Trinajstić information content (AvgIpc) is 3.25. The maximum absolute atomic E-state index is 12.3. The number of alkyl halides is 3. The van der Waals surface area contributed by atoms with Gasteiger partial charge in [0.25, 0.3) is 5.91 Å². The molecule has 3 heterocycles. The van der Waals surface area contributed by atoms with Crippen molar-refractivity contribution in [3.63, 3.8) is 0 Å². The van der Waals surface area contributed by atoms with E-state index >= 15 is 0 Å². The summed E-state index contributed by atoms with van der Waals surface area (Å²) in [5.74, 6) is -2.76. The number of nitrogens with one attached hydrogen (secondary N) is 1. The molecule has 3 fully saturated rings. The van der Waals surface area contributed by atoms with Crippen LogP contribution in [0.5, 0.6) is 0 Å². The lowest BCUT2D eigenvalue weighted by molar-refractivity contribution is -0.192. The Morgan fingerprint density at radius 2 is 1.97 bits per heavy atom. The average molecular weight is 445 g/mol. The van der Waals surface area contributed by atoms with E-state index in [-0.39, 0.29) is 17.6 Å². The Kier molecular flexibility index (Phi) is 7.31. The van der Waals surface area contributed by atoms with Crippen molar-refractivity contribution in [3.05, 3.63) is 24.0 Å². The van der Waals surface area contributed by atoms with E-state index < -0.39 is 12.1 Å². The van der Waals surface area contributed by atoms with Crippen LogP contribution in [0.1, 0.15) is 55.4 Å². The molecular weight excluding hydrogens is 415 g/mol. The minimum absolute atomic E-state index is 0.00626. The highest BCUT2D eigenvalue weighted by Crippen LogP contribution is 2.39. The number of likely N-dealkylation sites (tertiary alicyclic amines) is 1. The SMILES string of the molecule is Cn1cccc1C(=O)NC[C@H]1CCC[C@]2(CCN(C3CCC3)C2)O1.O=C(O)C(F)(F)F. The fraction of sp³-hybridized carbons (Fsp3) is 0.714. The van der Waals surface area contributed by atoms with Crippen LogP contribution in [0.3, 0.4) is 0 Å². The molecule has 174 valence electrons. The molecule has 2 N–H and O–H groups in total. The van der Waals surface area contributed by atoms with Gasteiger partial charge in [-0.25, -0.2) is 4.79 Å². The minimum atomic E-state index is -5.08. The molecule has 0 unspecified atom stereocenters. The van der Waals surface area contributed by atoms with Gasteiger partial charge in [0.1, 0.15) is 5.69 Å². The van der Waals surface area contributed by atoms with E-state index in [4.69, 9.17) is 14.6 Å². The number of hydrogen-bond donors (Lipinski definition) is 2. The standard InChI is InChI=1S/C19H29N3O2.C2HF3O2/c1-21-11-4-8-17(21)18(23)20-13-16-7-3-9-19(24-16)10-12-22(14-19)15-5-2-6-15;3-2(4,5)1(6)7/h4,8,11,15-16H,2-3,5-7,9-10,12-14H2,1H3,(H,20,23);(H,6,7)/t16-,19-;/m1./s1. The lowest BCUT2D eigenvalue weighted by atomic mass is 9.89. The normalized spacial score (nSPS) is 26.8. The number of ether oxygens (including phenoxy) is 1. The van der Waals surface area contributed by atoms with E-state index in [0.717, 1.165) is 25.4 Å². The number of rotatable bonds is 4. The monoisotopic (exact) mass is 445 g/mol. The molecule has 2 saturated heterocycles. The second-order valence-electron chi connectivity index (χ2n) is 8.64. The molecule has 1 aliphatic carbocycles. The van der Waals surface area contributed by atoms with Crippen LogP contribution in [0.25, 0.3) is 0 Å². The summed E-state index contributed by atoms with van der Waals surface area (Å²) in [7, 11) is 1.90. The highest BCUT2D eigenvalue weighted by molar-refractivity contribution is 5.92. The molecule has 1 amide bonds. The van der Waals surface area contributed by atoms with Crippen molar-refractivity contribution < 1.29 is 32.6 Å². The van der Waals surface area contributed by atoms with Crippen molar-refractivity contribution >= 4 is 11.9 Å². The van der Waals surface area contributed by atoms with Gasteiger partial charge in [0.05, 0.1) is 11.7 Å². The first-order valence-corrected chi connectivity index (χ1v) is 10.7. The van der Waals surface area contributed by atoms with E-state index in [0.29, 0.717) is 12.2 Å². The van der Waals surface area contributed by atoms with Gasteiger partial charge in [-0.1, -0.05) is 6.42 Å². The third-order valence-corrected chi connectivity index (χ3v) is 6.42.